The van der Waals surface area contributed by atoms with E-state index >= 15 is 0 Å². The van der Waals surface area contributed by atoms with Crippen LogP contribution in [0, 0.1) is 0 Å². The number of fused-ring (bicyclic) bond motifs is 8. The van der Waals surface area contributed by atoms with Crippen molar-refractivity contribution in [3.63, 3.8) is 0 Å². The van der Waals surface area contributed by atoms with Crippen LogP contribution in [-0.2, 0) is 0 Å². The Morgan fingerprint density at radius 2 is 1.08 bits per heavy atom. The lowest BCUT2D eigenvalue weighted by Crippen LogP contribution is -2.10. The normalized spacial score (nSPS) is 11.7. The number of aromatic nitrogens is 1. The lowest BCUT2D eigenvalue weighted by Gasteiger charge is -2.27. The Morgan fingerprint density at radius 3 is 1.92 bits per heavy atom. The predicted octanol–water partition coefficient (Wildman–Crippen LogP) is 13.0. The maximum Gasteiger partial charge on any atom is 0.159 e. The number of hydrogen-bond donors (Lipinski definition) is 0. The molecule has 0 aliphatic rings. The molecular formula is C46H30N2O. The predicted molar refractivity (Wildman–Crippen MR) is 206 cm³/mol. The SMILES string of the molecule is c1ccc(-c2ccc(N(c3cccc4c3oc3ccccc34)c3cccc4c3c3ccc5ccccc5c3n4-c3ccccc3)cc2)cc1. The fourth-order valence-electron chi connectivity index (χ4n) is 7.59. The standard InChI is InChI=1S/C46H30N2O/c1-3-13-31(14-4-1)32-25-28-35(29-26-32)47(42-23-11-20-38-37-19-9-10-24-43(37)49-46(38)42)40-21-12-22-41-44(40)39-30-27-33-15-7-8-18-36(33)45(39)48(41)34-16-5-2-6-17-34/h1-30H. The maximum absolute atomic E-state index is 6.69. The summed E-state index contributed by atoms with van der Waals surface area (Å²) in [6.45, 7) is 0. The van der Waals surface area contributed by atoms with Crippen LogP contribution in [0.1, 0.15) is 0 Å². The van der Waals surface area contributed by atoms with Crippen molar-refractivity contribution >= 4 is 71.6 Å². The van der Waals surface area contributed by atoms with Crippen molar-refractivity contribution in [1.29, 1.82) is 0 Å². The van der Waals surface area contributed by atoms with E-state index in [9.17, 15) is 0 Å². The summed E-state index contributed by atoms with van der Waals surface area (Å²) in [6.07, 6.45) is 0. The first-order valence-corrected chi connectivity index (χ1v) is 16.7. The largest absolute Gasteiger partial charge is 0.454 e. The van der Waals surface area contributed by atoms with Crippen LogP contribution in [0.2, 0.25) is 0 Å². The number of nitrogens with zero attached hydrogens (tertiary/aromatic N) is 2. The van der Waals surface area contributed by atoms with Gasteiger partial charge in [-0.2, -0.15) is 0 Å². The van der Waals surface area contributed by atoms with Gasteiger partial charge in [-0.05, 0) is 65.0 Å². The van der Waals surface area contributed by atoms with Gasteiger partial charge in [-0.15, -0.1) is 0 Å². The quantitative estimate of drug-likeness (QED) is 0.190. The highest BCUT2D eigenvalue weighted by atomic mass is 16.3. The van der Waals surface area contributed by atoms with E-state index in [-0.39, 0.29) is 0 Å². The molecule has 0 aliphatic heterocycles. The third kappa shape index (κ3) is 4.29. The molecule has 10 rings (SSSR count). The third-order valence-corrected chi connectivity index (χ3v) is 9.77. The van der Waals surface area contributed by atoms with Crippen molar-refractivity contribution in [2.75, 3.05) is 4.90 Å². The van der Waals surface area contributed by atoms with Gasteiger partial charge in [0.15, 0.2) is 5.58 Å². The molecule has 2 aromatic heterocycles. The first kappa shape index (κ1) is 27.5. The highest BCUT2D eigenvalue weighted by Gasteiger charge is 2.24. The highest BCUT2D eigenvalue weighted by molar-refractivity contribution is 6.23. The van der Waals surface area contributed by atoms with E-state index in [1.807, 2.05) is 6.07 Å². The van der Waals surface area contributed by atoms with E-state index in [0.29, 0.717) is 0 Å². The lowest BCUT2D eigenvalue weighted by molar-refractivity contribution is 0.669. The van der Waals surface area contributed by atoms with E-state index in [0.717, 1.165) is 50.2 Å². The molecule has 0 unspecified atom stereocenters. The smallest absolute Gasteiger partial charge is 0.159 e. The topological polar surface area (TPSA) is 21.3 Å². The molecule has 0 bridgehead atoms. The van der Waals surface area contributed by atoms with Gasteiger partial charge in [0.2, 0.25) is 0 Å². The van der Waals surface area contributed by atoms with Gasteiger partial charge in [0.25, 0.3) is 0 Å². The Bertz CT molecular complexity index is 2810. The zero-order valence-corrected chi connectivity index (χ0v) is 26.6. The van der Waals surface area contributed by atoms with Crippen LogP contribution in [0.5, 0.6) is 0 Å². The van der Waals surface area contributed by atoms with Crippen molar-refractivity contribution < 1.29 is 4.42 Å². The van der Waals surface area contributed by atoms with Gasteiger partial charge < -0.3 is 13.9 Å². The Morgan fingerprint density at radius 1 is 0.429 bits per heavy atom. The molecule has 0 radical (unpaired) electrons. The Balaban J connectivity index is 1.31. The highest BCUT2D eigenvalue weighted by Crippen LogP contribution is 2.48. The summed E-state index contributed by atoms with van der Waals surface area (Å²) >= 11 is 0. The van der Waals surface area contributed by atoms with Crippen molar-refractivity contribution in [2.45, 2.75) is 0 Å². The van der Waals surface area contributed by atoms with Gasteiger partial charge in [0.05, 0.1) is 22.4 Å². The first-order valence-electron chi connectivity index (χ1n) is 16.7. The molecule has 3 nitrogen and oxygen atoms in total. The van der Waals surface area contributed by atoms with Crippen LogP contribution in [0.3, 0.4) is 0 Å². The molecule has 8 aromatic carbocycles. The molecule has 0 aliphatic carbocycles. The Kier molecular flexibility index (Phi) is 6.18. The number of benzene rings is 8. The second-order valence-electron chi connectivity index (χ2n) is 12.5. The van der Waals surface area contributed by atoms with Crippen LogP contribution in [-0.4, -0.2) is 4.57 Å². The van der Waals surface area contributed by atoms with Crippen LogP contribution < -0.4 is 4.90 Å². The molecule has 3 heteroatoms. The molecule has 49 heavy (non-hydrogen) atoms. The van der Waals surface area contributed by atoms with E-state index in [1.54, 1.807) is 0 Å². The molecule has 0 saturated carbocycles. The minimum atomic E-state index is 0.866. The molecule has 0 spiro atoms. The van der Waals surface area contributed by atoms with Gasteiger partial charge >= 0.3 is 0 Å². The Hall–Kier alpha value is -6.58. The van der Waals surface area contributed by atoms with Crippen molar-refractivity contribution in [3.8, 4) is 16.8 Å². The number of furan rings is 1. The molecular weight excluding hydrogens is 597 g/mol. The van der Waals surface area contributed by atoms with Crippen LogP contribution >= 0.6 is 0 Å². The fourth-order valence-corrected chi connectivity index (χ4v) is 7.59. The maximum atomic E-state index is 6.69. The monoisotopic (exact) mass is 626 g/mol. The second kappa shape index (κ2) is 11.0. The molecule has 10 aromatic rings. The van der Waals surface area contributed by atoms with E-state index in [2.05, 4.69) is 185 Å². The van der Waals surface area contributed by atoms with Crippen molar-refractivity contribution in [3.05, 3.63) is 182 Å². The summed E-state index contributed by atoms with van der Waals surface area (Å²) in [7, 11) is 0. The van der Waals surface area contributed by atoms with E-state index in [4.69, 9.17) is 4.42 Å². The summed E-state index contributed by atoms with van der Waals surface area (Å²) in [4.78, 5) is 2.38. The van der Waals surface area contributed by atoms with E-state index < -0.39 is 0 Å². The van der Waals surface area contributed by atoms with Gasteiger partial charge in [-0.3, -0.25) is 0 Å². The number of para-hydroxylation sites is 3. The summed E-state index contributed by atoms with van der Waals surface area (Å²) in [6, 6.07) is 64.9. The second-order valence-corrected chi connectivity index (χ2v) is 12.5. The minimum Gasteiger partial charge on any atom is -0.454 e. The van der Waals surface area contributed by atoms with E-state index in [1.165, 1.54) is 38.2 Å². The van der Waals surface area contributed by atoms with Gasteiger partial charge in [0.1, 0.15) is 5.58 Å². The number of anilines is 3. The van der Waals surface area contributed by atoms with Gasteiger partial charge in [-0.25, -0.2) is 0 Å². The molecule has 2 heterocycles. The van der Waals surface area contributed by atoms with Gasteiger partial charge in [-0.1, -0.05) is 133 Å². The molecule has 0 amide bonds. The molecule has 0 atom stereocenters. The third-order valence-electron chi connectivity index (χ3n) is 9.77. The minimum absolute atomic E-state index is 0.866. The average molecular weight is 627 g/mol. The number of rotatable bonds is 5. The molecule has 0 saturated heterocycles. The lowest BCUT2D eigenvalue weighted by atomic mass is 10.0. The summed E-state index contributed by atoms with van der Waals surface area (Å²) in [5, 5.41) is 7.05. The van der Waals surface area contributed by atoms with Crippen LogP contribution in [0.15, 0.2) is 186 Å². The average Bonchev–Trinajstić information content (AvgIpc) is 3.73. The number of hydrogen-bond acceptors (Lipinski definition) is 2. The van der Waals surface area contributed by atoms with Gasteiger partial charge in [0, 0.05) is 38.3 Å². The van der Waals surface area contributed by atoms with Crippen molar-refractivity contribution in [1.82, 2.24) is 4.57 Å². The summed E-state index contributed by atoms with van der Waals surface area (Å²) < 4.78 is 9.11. The fraction of sp³-hybridized carbons (Fsp3) is 0. The molecule has 0 N–H and O–H groups in total. The first-order chi connectivity index (χ1) is 24.3. The zero-order valence-electron chi connectivity index (χ0n) is 26.6. The van der Waals surface area contributed by atoms with Crippen LogP contribution in [0.4, 0.5) is 17.1 Å². The summed E-state index contributed by atoms with van der Waals surface area (Å²) in [5.41, 5.74) is 10.8. The van der Waals surface area contributed by atoms with Crippen LogP contribution in [0.25, 0.3) is 71.3 Å². The summed E-state index contributed by atoms with van der Waals surface area (Å²) in [5.74, 6) is 0. The van der Waals surface area contributed by atoms with Crippen molar-refractivity contribution in [2.24, 2.45) is 0 Å². The molecule has 230 valence electrons. The zero-order chi connectivity index (χ0) is 32.3. The Labute approximate surface area is 283 Å². The molecule has 0 fully saturated rings.